The van der Waals surface area contributed by atoms with Gasteiger partial charge in [0.05, 0.1) is 12.7 Å². The molecule has 0 saturated carbocycles. The summed E-state index contributed by atoms with van der Waals surface area (Å²) in [5.74, 6) is 1.82. The number of esters is 1. The number of hydrogen-bond acceptors (Lipinski definition) is 2. The molecule has 2 nitrogen and oxygen atoms in total. The second kappa shape index (κ2) is 4.87. The summed E-state index contributed by atoms with van der Waals surface area (Å²) >= 11 is 0. The summed E-state index contributed by atoms with van der Waals surface area (Å²) in [4.78, 5) is 10.6. The number of methoxy groups -OCH3 is 1. The Hall–Kier alpha value is -2.03. The molecule has 0 N–H and O–H groups in total. The van der Waals surface area contributed by atoms with Crippen LogP contribution in [0.2, 0.25) is 0 Å². The van der Waals surface area contributed by atoms with Crippen molar-refractivity contribution in [2.75, 3.05) is 7.11 Å². The second-order valence-corrected chi connectivity index (χ2v) is 2.93. The number of carbonyl (C=O) groups excluding carboxylic acids is 1. The maximum absolute atomic E-state index is 12.9. The summed E-state index contributed by atoms with van der Waals surface area (Å²) < 4.78 is 54.0. The highest BCUT2D eigenvalue weighted by Crippen LogP contribution is 2.31. The summed E-state index contributed by atoms with van der Waals surface area (Å²) in [5, 5.41) is 0. The molecule has 6 heteroatoms. The molecular formula is C11H6F4O2. The highest BCUT2D eigenvalue weighted by molar-refractivity contribution is 5.89. The molecule has 0 atom stereocenters. The van der Waals surface area contributed by atoms with Crippen LogP contribution in [0.4, 0.5) is 17.6 Å². The van der Waals surface area contributed by atoms with Gasteiger partial charge in [-0.25, -0.2) is 9.18 Å². The van der Waals surface area contributed by atoms with E-state index in [2.05, 4.69) is 10.7 Å². The number of benzene rings is 1. The fraction of sp³-hybridized carbons (Fsp3) is 0.182. The van der Waals surface area contributed by atoms with Gasteiger partial charge < -0.3 is 4.74 Å². The molecule has 1 aromatic carbocycles. The van der Waals surface area contributed by atoms with Crippen molar-refractivity contribution in [1.29, 1.82) is 0 Å². The van der Waals surface area contributed by atoms with Gasteiger partial charge >= 0.3 is 12.1 Å². The third-order valence-electron chi connectivity index (χ3n) is 1.77. The van der Waals surface area contributed by atoms with Gasteiger partial charge in [0.15, 0.2) is 0 Å². The molecule has 0 aliphatic heterocycles. The van der Waals surface area contributed by atoms with Gasteiger partial charge in [-0.2, -0.15) is 13.2 Å². The molecule has 1 rings (SSSR count). The van der Waals surface area contributed by atoms with E-state index in [1.54, 1.807) is 0 Å². The molecule has 0 saturated heterocycles. The zero-order chi connectivity index (χ0) is 13.1. The minimum Gasteiger partial charge on any atom is -0.459 e. The average molecular weight is 246 g/mol. The molecule has 0 unspecified atom stereocenters. The first-order chi connectivity index (χ1) is 7.84. The quantitative estimate of drug-likeness (QED) is 0.399. The summed E-state index contributed by atoms with van der Waals surface area (Å²) in [6.45, 7) is 0. The van der Waals surface area contributed by atoms with Crippen molar-refractivity contribution >= 4 is 5.97 Å². The third-order valence-corrected chi connectivity index (χ3v) is 1.77. The Labute approximate surface area is 94.2 Å². The normalized spacial score (nSPS) is 10.4. The Morgan fingerprint density at radius 2 is 2.00 bits per heavy atom. The second-order valence-electron chi connectivity index (χ2n) is 2.93. The van der Waals surface area contributed by atoms with Crippen LogP contribution in [0.15, 0.2) is 18.2 Å². The Kier molecular flexibility index (Phi) is 3.73. The van der Waals surface area contributed by atoms with Gasteiger partial charge in [-0.15, -0.1) is 0 Å². The van der Waals surface area contributed by atoms with E-state index in [-0.39, 0.29) is 5.56 Å². The first-order valence-corrected chi connectivity index (χ1v) is 4.31. The molecule has 0 bridgehead atoms. The van der Waals surface area contributed by atoms with Crippen molar-refractivity contribution in [3.05, 3.63) is 35.1 Å². The monoisotopic (exact) mass is 246 g/mol. The van der Waals surface area contributed by atoms with Crippen LogP contribution in [0.3, 0.4) is 0 Å². The van der Waals surface area contributed by atoms with Gasteiger partial charge in [0.25, 0.3) is 0 Å². The Morgan fingerprint density at radius 1 is 1.35 bits per heavy atom. The van der Waals surface area contributed by atoms with Gasteiger partial charge in [-0.3, -0.25) is 0 Å². The molecule has 1 aromatic rings. The van der Waals surface area contributed by atoms with Crippen molar-refractivity contribution in [2.24, 2.45) is 0 Å². The molecule has 17 heavy (non-hydrogen) atoms. The van der Waals surface area contributed by atoms with Gasteiger partial charge in [-0.05, 0) is 18.2 Å². The topological polar surface area (TPSA) is 26.3 Å². The van der Waals surface area contributed by atoms with Crippen LogP contribution in [0.25, 0.3) is 0 Å². The van der Waals surface area contributed by atoms with E-state index >= 15 is 0 Å². The summed E-state index contributed by atoms with van der Waals surface area (Å²) in [5.41, 5.74) is -1.54. The number of halogens is 4. The molecule has 0 amide bonds. The van der Waals surface area contributed by atoms with Crippen LogP contribution in [-0.2, 0) is 15.7 Å². The minimum absolute atomic E-state index is 0.121. The van der Waals surface area contributed by atoms with E-state index in [1.165, 1.54) is 0 Å². The lowest BCUT2D eigenvalue weighted by Crippen LogP contribution is -2.08. The number of alkyl halides is 3. The molecule has 0 heterocycles. The summed E-state index contributed by atoms with van der Waals surface area (Å²) in [6, 6.07) is 2.22. The lowest BCUT2D eigenvalue weighted by molar-refractivity contribution is -0.140. The average Bonchev–Trinajstić information content (AvgIpc) is 2.26. The Bertz CT molecular complexity index is 494. The maximum atomic E-state index is 12.9. The zero-order valence-electron chi connectivity index (χ0n) is 8.56. The van der Waals surface area contributed by atoms with Crippen LogP contribution >= 0.6 is 0 Å². The van der Waals surface area contributed by atoms with Crippen LogP contribution in [0.5, 0.6) is 0 Å². The van der Waals surface area contributed by atoms with Crippen molar-refractivity contribution in [1.82, 2.24) is 0 Å². The molecule has 0 aliphatic carbocycles. The van der Waals surface area contributed by atoms with E-state index in [4.69, 9.17) is 0 Å². The molecule has 0 radical (unpaired) electrons. The van der Waals surface area contributed by atoms with Gasteiger partial charge in [-0.1, -0.05) is 5.92 Å². The van der Waals surface area contributed by atoms with Crippen LogP contribution < -0.4 is 0 Å². The van der Waals surface area contributed by atoms with Crippen molar-refractivity contribution in [2.45, 2.75) is 6.18 Å². The first-order valence-electron chi connectivity index (χ1n) is 4.31. The van der Waals surface area contributed by atoms with E-state index in [0.717, 1.165) is 13.2 Å². The molecule has 0 fully saturated rings. The molecule has 0 aliphatic rings. The van der Waals surface area contributed by atoms with E-state index < -0.39 is 23.5 Å². The minimum atomic E-state index is -4.80. The van der Waals surface area contributed by atoms with Crippen LogP contribution in [0, 0.1) is 17.7 Å². The first kappa shape index (κ1) is 13.0. The van der Waals surface area contributed by atoms with Crippen LogP contribution in [0.1, 0.15) is 11.1 Å². The number of rotatable bonds is 0. The van der Waals surface area contributed by atoms with Crippen molar-refractivity contribution in [3.63, 3.8) is 0 Å². The van der Waals surface area contributed by atoms with Crippen molar-refractivity contribution in [3.8, 4) is 11.8 Å². The molecule has 0 spiro atoms. The Morgan fingerprint density at radius 3 is 2.53 bits per heavy atom. The number of ether oxygens (including phenoxy) is 1. The van der Waals surface area contributed by atoms with Crippen molar-refractivity contribution < 1.29 is 27.1 Å². The molecule has 90 valence electrons. The largest absolute Gasteiger partial charge is 0.459 e. The predicted octanol–water partition coefficient (Wildman–Crippen LogP) is 2.37. The van der Waals surface area contributed by atoms with E-state index in [0.29, 0.717) is 12.1 Å². The SMILES string of the molecule is COC(=O)C#Cc1ccc(F)c(C(F)(F)F)c1. The summed E-state index contributed by atoms with van der Waals surface area (Å²) in [6.07, 6.45) is -4.80. The summed E-state index contributed by atoms with van der Waals surface area (Å²) in [7, 11) is 1.09. The lowest BCUT2D eigenvalue weighted by atomic mass is 10.1. The zero-order valence-corrected chi connectivity index (χ0v) is 8.56. The third kappa shape index (κ3) is 3.48. The lowest BCUT2D eigenvalue weighted by Gasteiger charge is -2.07. The van der Waals surface area contributed by atoms with Gasteiger partial charge in [0, 0.05) is 11.5 Å². The Balaban J connectivity index is 3.12. The maximum Gasteiger partial charge on any atom is 0.419 e. The van der Waals surface area contributed by atoms with E-state index in [1.807, 2.05) is 5.92 Å². The smallest absolute Gasteiger partial charge is 0.419 e. The fourth-order valence-electron chi connectivity index (χ4n) is 0.994. The molecular weight excluding hydrogens is 240 g/mol. The highest BCUT2D eigenvalue weighted by Gasteiger charge is 2.34. The number of hydrogen-bond donors (Lipinski definition) is 0. The standard InChI is InChI=1S/C11H6F4O2/c1-17-10(16)5-3-7-2-4-9(12)8(6-7)11(13,14)15/h2,4,6H,1H3. The van der Waals surface area contributed by atoms with Crippen LogP contribution in [-0.4, -0.2) is 13.1 Å². The predicted molar refractivity (Wildman–Crippen MR) is 50.3 cm³/mol. The number of carbonyl (C=O) groups is 1. The fourth-order valence-corrected chi connectivity index (χ4v) is 0.994. The highest BCUT2D eigenvalue weighted by atomic mass is 19.4. The van der Waals surface area contributed by atoms with E-state index in [9.17, 15) is 22.4 Å². The van der Waals surface area contributed by atoms with Gasteiger partial charge in [0.1, 0.15) is 5.82 Å². The van der Waals surface area contributed by atoms with Gasteiger partial charge in [0.2, 0.25) is 0 Å². The molecule has 0 aromatic heterocycles.